The zero-order chi connectivity index (χ0) is 25.1. The van der Waals surface area contributed by atoms with Gasteiger partial charge >= 0.3 is 5.97 Å². The van der Waals surface area contributed by atoms with Gasteiger partial charge in [-0.2, -0.15) is 0 Å². The topological polar surface area (TPSA) is 39.4 Å². The minimum absolute atomic E-state index is 0.159. The highest BCUT2D eigenvalue weighted by Crippen LogP contribution is 2.63. The standard InChI is InChI=1S/C34H32O3/c1-21-8-15-31-24(18-21)20-32(37-31)30-14-13-29-28-11-9-23-19-25(36-33(35)22-6-4-3-5-7-22)10-12-26(23)27(28)16-17-34(29,30)2/h3-8,10,12,14-15,18-20,27-29H,9,11,13,16-17H2,1-2H3/t27-,28-,29+,34+/m1/s1. The maximum Gasteiger partial charge on any atom is 0.343 e. The van der Waals surface area contributed by atoms with Crippen molar-refractivity contribution in [2.45, 2.75) is 51.9 Å². The van der Waals surface area contributed by atoms with Crippen LogP contribution in [0.3, 0.4) is 0 Å². The van der Waals surface area contributed by atoms with E-state index in [4.69, 9.17) is 9.15 Å². The second-order valence-corrected chi connectivity index (χ2v) is 11.5. The molecule has 0 saturated heterocycles. The van der Waals surface area contributed by atoms with Crippen LogP contribution in [0.5, 0.6) is 5.75 Å². The summed E-state index contributed by atoms with van der Waals surface area (Å²) in [6.07, 6.45) is 8.19. The molecule has 1 fully saturated rings. The van der Waals surface area contributed by atoms with Crippen LogP contribution >= 0.6 is 0 Å². The summed E-state index contributed by atoms with van der Waals surface area (Å²) in [6.45, 7) is 4.61. The van der Waals surface area contributed by atoms with Gasteiger partial charge in [-0.25, -0.2) is 4.79 Å². The first-order valence-electron chi connectivity index (χ1n) is 13.6. The van der Waals surface area contributed by atoms with E-state index in [9.17, 15) is 4.79 Å². The van der Waals surface area contributed by atoms with Crippen molar-refractivity contribution in [3.63, 3.8) is 0 Å². The Balaban J connectivity index is 1.13. The number of esters is 1. The molecule has 1 saturated carbocycles. The van der Waals surface area contributed by atoms with E-state index in [-0.39, 0.29) is 11.4 Å². The molecule has 4 atom stereocenters. The summed E-state index contributed by atoms with van der Waals surface area (Å²) in [4.78, 5) is 12.6. The number of furan rings is 1. The fourth-order valence-corrected chi connectivity index (χ4v) is 7.61. The molecule has 0 bridgehead atoms. The Morgan fingerprint density at radius 1 is 1.00 bits per heavy atom. The van der Waals surface area contributed by atoms with Gasteiger partial charge in [0.05, 0.1) is 5.56 Å². The number of aryl methyl sites for hydroxylation is 2. The molecule has 3 aliphatic rings. The van der Waals surface area contributed by atoms with Gasteiger partial charge in [0, 0.05) is 5.39 Å². The molecule has 37 heavy (non-hydrogen) atoms. The van der Waals surface area contributed by atoms with Gasteiger partial charge in [0.2, 0.25) is 0 Å². The molecule has 186 valence electrons. The summed E-state index contributed by atoms with van der Waals surface area (Å²) in [5.74, 6) is 3.30. The van der Waals surface area contributed by atoms with Crippen LogP contribution in [0.15, 0.2) is 83.3 Å². The van der Waals surface area contributed by atoms with Crippen LogP contribution in [0, 0.1) is 24.2 Å². The second-order valence-electron chi connectivity index (χ2n) is 11.5. The average molecular weight is 489 g/mol. The lowest BCUT2D eigenvalue weighted by molar-refractivity contribution is 0.0733. The molecule has 1 aromatic heterocycles. The molecule has 0 aliphatic heterocycles. The number of ether oxygens (including phenoxy) is 1. The van der Waals surface area contributed by atoms with Crippen LogP contribution in [0.4, 0.5) is 0 Å². The number of rotatable bonds is 3. The van der Waals surface area contributed by atoms with Crippen molar-refractivity contribution in [2.24, 2.45) is 17.3 Å². The van der Waals surface area contributed by atoms with Gasteiger partial charge in [-0.1, -0.05) is 48.9 Å². The first kappa shape index (κ1) is 22.6. The monoisotopic (exact) mass is 488 g/mol. The minimum Gasteiger partial charge on any atom is -0.456 e. The predicted octanol–water partition coefficient (Wildman–Crippen LogP) is 8.51. The van der Waals surface area contributed by atoms with Crippen molar-refractivity contribution in [2.75, 3.05) is 0 Å². The Kier molecular flexibility index (Phi) is 5.18. The van der Waals surface area contributed by atoms with Gasteiger partial charge in [0.25, 0.3) is 0 Å². The Labute approximate surface area is 218 Å². The number of benzene rings is 3. The van der Waals surface area contributed by atoms with Crippen molar-refractivity contribution in [1.82, 2.24) is 0 Å². The van der Waals surface area contributed by atoms with E-state index in [2.05, 4.69) is 56.3 Å². The lowest BCUT2D eigenvalue weighted by Gasteiger charge is -2.50. The SMILES string of the molecule is Cc1ccc2oc(C3=CC[C@H]4[C@@H]5CCc6cc(OC(=O)c7ccccc7)ccc6[C@H]5CC[C@]34C)cc2c1. The van der Waals surface area contributed by atoms with Crippen molar-refractivity contribution in [3.05, 3.63) is 107 Å². The Morgan fingerprint density at radius 3 is 2.73 bits per heavy atom. The second kappa shape index (κ2) is 8.48. The third-order valence-corrected chi connectivity index (χ3v) is 9.44. The third-order valence-electron chi connectivity index (χ3n) is 9.44. The van der Waals surface area contributed by atoms with Crippen LogP contribution in [0.2, 0.25) is 0 Å². The molecule has 0 unspecified atom stereocenters. The van der Waals surface area contributed by atoms with Crippen LogP contribution in [-0.4, -0.2) is 5.97 Å². The van der Waals surface area contributed by atoms with E-state index in [1.807, 2.05) is 24.3 Å². The molecule has 0 amide bonds. The van der Waals surface area contributed by atoms with Gasteiger partial charge in [-0.05, 0) is 121 Å². The summed E-state index contributed by atoms with van der Waals surface area (Å²) in [5.41, 5.74) is 7.22. The quantitative estimate of drug-likeness (QED) is 0.214. The number of hydrogen-bond donors (Lipinski definition) is 0. The average Bonchev–Trinajstić information content (AvgIpc) is 3.48. The molecule has 7 rings (SSSR count). The summed E-state index contributed by atoms with van der Waals surface area (Å²) < 4.78 is 12.1. The fraction of sp³-hybridized carbons (Fsp3) is 0.324. The van der Waals surface area contributed by atoms with Crippen molar-refractivity contribution < 1.29 is 13.9 Å². The maximum atomic E-state index is 12.6. The number of fused-ring (bicyclic) bond motifs is 6. The van der Waals surface area contributed by atoms with Crippen molar-refractivity contribution in [1.29, 1.82) is 0 Å². The summed E-state index contributed by atoms with van der Waals surface area (Å²) in [6, 6.07) is 24.2. The van der Waals surface area contributed by atoms with Gasteiger partial charge in [0.1, 0.15) is 17.1 Å². The lowest BCUT2D eigenvalue weighted by atomic mass is 9.54. The molecule has 3 heteroatoms. The van der Waals surface area contributed by atoms with Crippen molar-refractivity contribution >= 4 is 22.5 Å². The third kappa shape index (κ3) is 3.67. The number of carbonyl (C=O) groups is 1. The molecule has 0 N–H and O–H groups in total. The molecule has 4 aromatic rings. The first-order chi connectivity index (χ1) is 18.0. The van der Waals surface area contributed by atoms with Gasteiger partial charge in [-0.3, -0.25) is 0 Å². The van der Waals surface area contributed by atoms with Gasteiger partial charge in [-0.15, -0.1) is 0 Å². The van der Waals surface area contributed by atoms with E-state index in [1.54, 1.807) is 12.1 Å². The molecular formula is C34H32O3. The van der Waals surface area contributed by atoms with E-state index in [0.717, 1.165) is 24.2 Å². The molecule has 3 aromatic carbocycles. The molecule has 1 heterocycles. The minimum atomic E-state index is -0.298. The summed E-state index contributed by atoms with van der Waals surface area (Å²) in [5, 5.41) is 1.20. The van der Waals surface area contributed by atoms with E-state index in [1.165, 1.54) is 46.9 Å². The van der Waals surface area contributed by atoms with E-state index >= 15 is 0 Å². The fourth-order valence-electron chi connectivity index (χ4n) is 7.61. The van der Waals surface area contributed by atoms with Crippen molar-refractivity contribution in [3.8, 4) is 5.75 Å². The number of allylic oxidation sites excluding steroid dienone is 2. The molecule has 3 nitrogen and oxygen atoms in total. The van der Waals surface area contributed by atoms with Crippen LogP contribution in [0.1, 0.15) is 71.3 Å². The number of carbonyl (C=O) groups excluding carboxylic acids is 1. The van der Waals surface area contributed by atoms with Gasteiger partial charge < -0.3 is 9.15 Å². The normalized spacial score (nSPS) is 26.2. The molecular weight excluding hydrogens is 456 g/mol. The van der Waals surface area contributed by atoms with Gasteiger partial charge in [0.15, 0.2) is 0 Å². The Morgan fingerprint density at radius 2 is 1.86 bits per heavy atom. The molecule has 0 spiro atoms. The molecule has 3 aliphatic carbocycles. The van der Waals surface area contributed by atoms with E-state index < -0.39 is 0 Å². The Hall–Kier alpha value is -3.59. The molecule has 0 radical (unpaired) electrons. The summed E-state index contributed by atoms with van der Waals surface area (Å²) >= 11 is 0. The van der Waals surface area contributed by atoms with Crippen LogP contribution < -0.4 is 4.74 Å². The summed E-state index contributed by atoms with van der Waals surface area (Å²) in [7, 11) is 0. The van der Waals surface area contributed by atoms with E-state index in [0.29, 0.717) is 29.1 Å². The largest absolute Gasteiger partial charge is 0.456 e. The van der Waals surface area contributed by atoms with Crippen LogP contribution in [-0.2, 0) is 6.42 Å². The zero-order valence-electron chi connectivity index (χ0n) is 21.5. The highest BCUT2D eigenvalue weighted by atomic mass is 16.5. The highest BCUT2D eigenvalue weighted by Gasteiger charge is 2.52. The predicted molar refractivity (Wildman–Crippen MR) is 147 cm³/mol. The number of hydrogen-bond acceptors (Lipinski definition) is 3. The zero-order valence-corrected chi connectivity index (χ0v) is 21.5. The Bertz CT molecular complexity index is 1540. The lowest BCUT2D eigenvalue weighted by Crippen LogP contribution is -2.40. The highest BCUT2D eigenvalue weighted by molar-refractivity contribution is 5.91. The first-order valence-corrected chi connectivity index (χ1v) is 13.6. The smallest absolute Gasteiger partial charge is 0.343 e. The maximum absolute atomic E-state index is 12.6. The van der Waals surface area contributed by atoms with Crippen LogP contribution in [0.25, 0.3) is 16.5 Å².